The van der Waals surface area contributed by atoms with E-state index in [2.05, 4.69) is 4.98 Å². The van der Waals surface area contributed by atoms with Gasteiger partial charge in [0, 0.05) is 32.5 Å². The molecular formula is C19H21N3O4S2. The van der Waals surface area contributed by atoms with E-state index in [-0.39, 0.29) is 23.4 Å². The Morgan fingerprint density at radius 2 is 2.00 bits per heavy atom. The maximum absolute atomic E-state index is 12.7. The molecule has 28 heavy (non-hydrogen) atoms. The Labute approximate surface area is 167 Å². The van der Waals surface area contributed by atoms with E-state index in [0.29, 0.717) is 25.9 Å². The zero-order valence-corrected chi connectivity index (χ0v) is 17.1. The first-order valence-corrected chi connectivity index (χ1v) is 11.3. The molecule has 7 nitrogen and oxygen atoms in total. The average Bonchev–Trinajstić information content (AvgIpc) is 3.32. The number of thiazole rings is 1. The zero-order valence-electron chi connectivity index (χ0n) is 15.4. The first-order chi connectivity index (χ1) is 13.4. The minimum Gasteiger partial charge on any atom is -0.458 e. The van der Waals surface area contributed by atoms with Gasteiger partial charge in [-0.2, -0.15) is 4.31 Å². The van der Waals surface area contributed by atoms with Gasteiger partial charge in [-0.3, -0.25) is 4.79 Å². The predicted octanol–water partition coefficient (Wildman–Crippen LogP) is 2.78. The van der Waals surface area contributed by atoms with Crippen LogP contribution in [0.5, 0.6) is 0 Å². The second-order valence-corrected chi connectivity index (χ2v) is 9.93. The quantitative estimate of drug-likeness (QED) is 0.594. The summed E-state index contributed by atoms with van der Waals surface area (Å²) in [7, 11) is -1.72. The topological polar surface area (TPSA) is 81.5 Å². The van der Waals surface area contributed by atoms with E-state index >= 15 is 0 Å². The van der Waals surface area contributed by atoms with Crippen LogP contribution in [0.3, 0.4) is 0 Å². The number of ether oxygens (including phenoxy) is 1. The third-order valence-corrected chi connectivity index (χ3v) is 7.80. The van der Waals surface area contributed by atoms with Crippen molar-refractivity contribution in [2.75, 3.05) is 13.1 Å². The van der Waals surface area contributed by atoms with E-state index in [9.17, 15) is 13.2 Å². The van der Waals surface area contributed by atoms with Crippen LogP contribution in [0.4, 0.5) is 0 Å². The molecule has 0 radical (unpaired) electrons. The lowest BCUT2D eigenvalue weighted by Gasteiger charge is -2.29. The molecule has 148 valence electrons. The van der Waals surface area contributed by atoms with Gasteiger partial charge in [0.25, 0.3) is 0 Å². The van der Waals surface area contributed by atoms with Crippen LogP contribution in [0, 0.1) is 5.92 Å². The van der Waals surface area contributed by atoms with Gasteiger partial charge in [-0.25, -0.2) is 13.4 Å². The molecule has 3 aromatic rings. The molecule has 0 atom stereocenters. The Hall–Kier alpha value is -2.23. The van der Waals surface area contributed by atoms with Gasteiger partial charge in [-0.1, -0.05) is 12.1 Å². The lowest BCUT2D eigenvalue weighted by Crippen LogP contribution is -2.40. The van der Waals surface area contributed by atoms with Gasteiger partial charge >= 0.3 is 5.97 Å². The number of nitrogens with zero attached hydrogens (tertiary/aromatic N) is 3. The fourth-order valence-corrected chi connectivity index (χ4v) is 5.75. The number of hydrogen-bond acceptors (Lipinski definition) is 6. The number of carbonyl (C=O) groups excluding carboxylic acids is 1. The van der Waals surface area contributed by atoms with Crippen molar-refractivity contribution in [1.82, 2.24) is 13.9 Å². The van der Waals surface area contributed by atoms with E-state index in [1.54, 1.807) is 30.1 Å². The highest BCUT2D eigenvalue weighted by molar-refractivity contribution is 7.89. The summed E-state index contributed by atoms with van der Waals surface area (Å²) >= 11 is 1.51. The number of aromatic nitrogens is 2. The number of aryl methyl sites for hydroxylation is 1. The molecule has 9 heteroatoms. The van der Waals surface area contributed by atoms with Crippen molar-refractivity contribution in [3.05, 3.63) is 47.7 Å². The molecule has 1 aliphatic rings. The van der Waals surface area contributed by atoms with Gasteiger partial charge in [-0.05, 0) is 31.0 Å². The average molecular weight is 420 g/mol. The van der Waals surface area contributed by atoms with Gasteiger partial charge in [-0.15, -0.1) is 11.3 Å². The summed E-state index contributed by atoms with van der Waals surface area (Å²) in [4.78, 5) is 17.1. The highest BCUT2D eigenvalue weighted by Gasteiger charge is 2.33. The molecule has 1 saturated heterocycles. The van der Waals surface area contributed by atoms with Crippen LogP contribution < -0.4 is 0 Å². The van der Waals surface area contributed by atoms with Crippen molar-refractivity contribution in [1.29, 1.82) is 0 Å². The third kappa shape index (κ3) is 3.82. The normalized spacial score (nSPS) is 16.5. The van der Waals surface area contributed by atoms with Gasteiger partial charge < -0.3 is 9.30 Å². The van der Waals surface area contributed by atoms with Crippen molar-refractivity contribution >= 4 is 37.5 Å². The largest absolute Gasteiger partial charge is 0.458 e. The number of hydrogen-bond donors (Lipinski definition) is 0. The number of carbonyl (C=O) groups is 1. The number of rotatable bonds is 5. The Morgan fingerprint density at radius 3 is 2.68 bits per heavy atom. The fourth-order valence-electron chi connectivity index (χ4n) is 3.34. The smallest absolute Gasteiger partial charge is 0.309 e. The molecule has 0 aliphatic carbocycles. The fraction of sp³-hybridized carbons (Fsp3) is 0.368. The number of para-hydroxylation sites is 1. The lowest BCUT2D eigenvalue weighted by molar-refractivity contribution is -0.151. The molecule has 3 heterocycles. The highest BCUT2D eigenvalue weighted by atomic mass is 32.2. The number of fused-ring (bicyclic) bond motifs is 1. The first kappa shape index (κ1) is 19.1. The maximum atomic E-state index is 12.7. The predicted molar refractivity (Wildman–Crippen MR) is 106 cm³/mol. The van der Waals surface area contributed by atoms with Crippen LogP contribution in [0.2, 0.25) is 0 Å². The molecule has 1 fully saturated rings. The Balaban J connectivity index is 1.32. The molecule has 2 aromatic heterocycles. The molecule has 1 aromatic carbocycles. The van der Waals surface area contributed by atoms with Crippen LogP contribution >= 0.6 is 11.3 Å². The maximum Gasteiger partial charge on any atom is 0.309 e. The summed E-state index contributed by atoms with van der Waals surface area (Å²) in [6.45, 7) is 0.789. The van der Waals surface area contributed by atoms with Gasteiger partial charge in [0.2, 0.25) is 10.0 Å². The van der Waals surface area contributed by atoms with Gasteiger partial charge in [0.15, 0.2) is 0 Å². The molecule has 4 rings (SSSR count). The molecule has 0 amide bonds. The molecule has 1 aliphatic heterocycles. The minimum atomic E-state index is -3.51. The summed E-state index contributed by atoms with van der Waals surface area (Å²) in [6, 6.07) is 9.39. The monoisotopic (exact) mass is 419 g/mol. The minimum absolute atomic E-state index is 0.153. The SMILES string of the molecule is Cn1ccc(S(=O)(=O)N2CCC(C(=O)OCc3nc4ccccc4s3)CC2)c1. The first-order valence-electron chi connectivity index (χ1n) is 9.07. The van der Waals surface area contributed by atoms with E-state index in [1.807, 2.05) is 24.3 Å². The molecule has 0 N–H and O–H groups in total. The zero-order chi connectivity index (χ0) is 19.7. The summed E-state index contributed by atoms with van der Waals surface area (Å²) in [5.41, 5.74) is 0.901. The Kier molecular flexibility index (Phi) is 5.22. The van der Waals surface area contributed by atoms with Crippen molar-refractivity contribution in [3.63, 3.8) is 0 Å². The standard InChI is InChI=1S/C19H21N3O4S2/c1-21-9-8-15(12-21)28(24,25)22-10-6-14(7-11-22)19(23)26-13-18-20-16-4-2-3-5-17(16)27-18/h2-5,8-9,12,14H,6-7,10-11,13H2,1H3. The molecule has 0 spiro atoms. The summed E-state index contributed by atoms with van der Waals surface area (Å²) in [6.07, 6.45) is 4.22. The van der Waals surface area contributed by atoms with E-state index in [0.717, 1.165) is 15.2 Å². The van der Waals surface area contributed by atoms with Crippen LogP contribution in [0.15, 0.2) is 47.6 Å². The number of sulfonamides is 1. The molecule has 0 saturated carbocycles. The van der Waals surface area contributed by atoms with Crippen LogP contribution in [0.25, 0.3) is 10.2 Å². The number of piperidine rings is 1. The van der Waals surface area contributed by atoms with E-state index < -0.39 is 10.0 Å². The van der Waals surface area contributed by atoms with Crippen molar-refractivity contribution < 1.29 is 17.9 Å². The summed E-state index contributed by atoms with van der Waals surface area (Å²) in [5, 5.41) is 0.763. The summed E-state index contributed by atoms with van der Waals surface area (Å²) in [5.74, 6) is -0.562. The molecule has 0 bridgehead atoms. The Bertz CT molecular complexity index is 1060. The highest BCUT2D eigenvalue weighted by Crippen LogP contribution is 2.26. The van der Waals surface area contributed by atoms with Gasteiger partial charge in [0.1, 0.15) is 11.6 Å². The second-order valence-electron chi connectivity index (χ2n) is 6.87. The van der Waals surface area contributed by atoms with Crippen LogP contribution in [-0.4, -0.2) is 41.3 Å². The number of esters is 1. The Morgan fingerprint density at radius 1 is 1.25 bits per heavy atom. The van der Waals surface area contributed by atoms with Crippen LogP contribution in [-0.2, 0) is 33.2 Å². The van der Waals surface area contributed by atoms with E-state index in [1.165, 1.54) is 15.6 Å². The summed E-state index contributed by atoms with van der Waals surface area (Å²) < 4.78 is 35.0. The molecular weight excluding hydrogens is 398 g/mol. The van der Waals surface area contributed by atoms with Gasteiger partial charge in [0.05, 0.1) is 21.0 Å². The molecule has 0 unspecified atom stereocenters. The second kappa shape index (κ2) is 7.65. The van der Waals surface area contributed by atoms with Crippen molar-refractivity contribution in [2.24, 2.45) is 13.0 Å². The van der Waals surface area contributed by atoms with Crippen LogP contribution in [0.1, 0.15) is 17.8 Å². The lowest BCUT2D eigenvalue weighted by atomic mass is 9.98. The van der Waals surface area contributed by atoms with Crippen molar-refractivity contribution in [3.8, 4) is 0 Å². The van der Waals surface area contributed by atoms with E-state index in [4.69, 9.17) is 4.74 Å². The van der Waals surface area contributed by atoms with Crippen molar-refractivity contribution in [2.45, 2.75) is 24.3 Å². The third-order valence-electron chi connectivity index (χ3n) is 4.91. The number of benzene rings is 1.